The molecule has 1 atom stereocenters. The van der Waals surface area contributed by atoms with Crippen molar-refractivity contribution in [3.8, 4) is 5.95 Å². The summed E-state index contributed by atoms with van der Waals surface area (Å²) < 4.78 is 9.67. The fraction of sp³-hybridized carbons (Fsp3) is 0.250. The number of carbonyl (C=O) groups is 2. The first-order valence-electron chi connectivity index (χ1n) is 3.51. The van der Waals surface area contributed by atoms with E-state index in [1.165, 1.54) is 13.0 Å². The first-order valence-corrected chi connectivity index (χ1v) is 4.42. The molecule has 13 heavy (non-hydrogen) atoms. The van der Waals surface area contributed by atoms with Crippen LogP contribution in [0.3, 0.4) is 0 Å². The third-order valence-corrected chi connectivity index (χ3v) is 1.90. The van der Waals surface area contributed by atoms with E-state index in [9.17, 15) is 9.59 Å². The molecule has 4 nitrogen and oxygen atoms in total. The smallest absolute Gasteiger partial charge is 0.310 e. The van der Waals surface area contributed by atoms with E-state index in [1.807, 2.05) is 0 Å². The van der Waals surface area contributed by atoms with E-state index in [-0.39, 0.29) is 5.95 Å². The van der Waals surface area contributed by atoms with Crippen molar-refractivity contribution in [3.05, 3.63) is 17.9 Å². The minimum absolute atomic E-state index is 0.0915. The van der Waals surface area contributed by atoms with Crippen LogP contribution >= 0.6 is 15.9 Å². The molecule has 0 aliphatic rings. The van der Waals surface area contributed by atoms with Gasteiger partial charge in [-0.1, -0.05) is 15.9 Å². The molecule has 0 N–H and O–H groups in total. The van der Waals surface area contributed by atoms with Crippen molar-refractivity contribution in [2.24, 2.45) is 0 Å². The highest BCUT2D eigenvalue weighted by Crippen LogP contribution is 2.25. The van der Waals surface area contributed by atoms with Crippen LogP contribution in [-0.2, 0) is 9.59 Å². The van der Waals surface area contributed by atoms with Crippen LogP contribution < -0.4 is 4.74 Å². The molecule has 1 aromatic rings. The Morgan fingerprint density at radius 2 is 2.38 bits per heavy atom. The van der Waals surface area contributed by atoms with Gasteiger partial charge in [0.2, 0.25) is 0 Å². The van der Waals surface area contributed by atoms with Crippen LogP contribution in [0.4, 0.5) is 0 Å². The molecular formula is C8H7BrO4. The van der Waals surface area contributed by atoms with Gasteiger partial charge in [0.1, 0.15) is 16.9 Å². The number of carbonyl (C=O) groups excluding carboxylic acids is 2. The van der Waals surface area contributed by atoms with Gasteiger partial charge < -0.3 is 13.9 Å². The number of furan rings is 1. The number of ether oxygens (including phenoxy) is 1. The minimum Gasteiger partial charge on any atom is -0.429 e. The van der Waals surface area contributed by atoms with Gasteiger partial charge >= 0.3 is 5.97 Å². The highest BCUT2D eigenvalue weighted by atomic mass is 79.9. The summed E-state index contributed by atoms with van der Waals surface area (Å²) in [5.41, 5.74) is 0. The predicted molar refractivity (Wildman–Crippen MR) is 47.7 cm³/mol. The fourth-order valence-electron chi connectivity index (χ4n) is 0.746. The molecule has 0 aliphatic heterocycles. The fourth-order valence-corrected chi connectivity index (χ4v) is 0.992. The first kappa shape index (κ1) is 9.98. The number of aldehydes is 1. The molecule has 1 unspecified atom stereocenters. The molecule has 0 spiro atoms. The van der Waals surface area contributed by atoms with Gasteiger partial charge in [0.25, 0.3) is 5.95 Å². The zero-order valence-corrected chi connectivity index (χ0v) is 8.41. The number of rotatable bonds is 3. The van der Waals surface area contributed by atoms with E-state index in [4.69, 9.17) is 4.42 Å². The van der Waals surface area contributed by atoms with Crippen LogP contribution in [0.2, 0.25) is 0 Å². The largest absolute Gasteiger partial charge is 0.429 e. The Labute approximate surface area is 83.0 Å². The van der Waals surface area contributed by atoms with Gasteiger partial charge in [-0.25, -0.2) is 0 Å². The summed E-state index contributed by atoms with van der Waals surface area (Å²) in [5, 5.41) is 0. The van der Waals surface area contributed by atoms with Crippen LogP contribution in [0, 0.1) is 0 Å². The van der Waals surface area contributed by atoms with Crippen molar-refractivity contribution in [2.75, 3.05) is 0 Å². The summed E-state index contributed by atoms with van der Waals surface area (Å²) in [4.78, 5) is 20.3. The Kier molecular flexibility index (Phi) is 3.25. The maximum absolute atomic E-state index is 10.5. The van der Waals surface area contributed by atoms with Gasteiger partial charge in [-0.15, -0.1) is 0 Å². The van der Waals surface area contributed by atoms with E-state index < -0.39 is 10.8 Å². The Hall–Kier alpha value is -1.10. The van der Waals surface area contributed by atoms with Crippen molar-refractivity contribution in [1.82, 2.24) is 0 Å². The lowest BCUT2D eigenvalue weighted by Crippen LogP contribution is -1.99. The van der Waals surface area contributed by atoms with E-state index in [2.05, 4.69) is 20.7 Å². The summed E-state index contributed by atoms with van der Waals surface area (Å²) in [6.45, 7) is 1.27. The minimum atomic E-state index is -0.503. The zero-order chi connectivity index (χ0) is 9.84. The standard InChI is InChI=1S/C8H7BrO4/c1-5(11)12-8-3-2-7(13-8)6(9)4-10/h2-4,6H,1H3. The SMILES string of the molecule is CC(=O)Oc1ccc(C(Br)C=O)o1. The maximum Gasteiger partial charge on any atom is 0.310 e. The summed E-state index contributed by atoms with van der Waals surface area (Å²) in [7, 11) is 0. The van der Waals surface area contributed by atoms with E-state index in [0.29, 0.717) is 12.0 Å². The lowest BCUT2D eigenvalue weighted by molar-refractivity contribution is -0.133. The quantitative estimate of drug-likeness (QED) is 0.464. The molecule has 1 heterocycles. The van der Waals surface area contributed by atoms with Crippen molar-refractivity contribution in [2.45, 2.75) is 11.8 Å². The molecule has 0 amide bonds. The van der Waals surface area contributed by atoms with Crippen molar-refractivity contribution in [1.29, 1.82) is 0 Å². The van der Waals surface area contributed by atoms with Crippen LogP contribution in [-0.4, -0.2) is 12.3 Å². The number of alkyl halides is 1. The summed E-state index contributed by atoms with van der Waals surface area (Å²) >= 11 is 3.06. The van der Waals surface area contributed by atoms with Gasteiger partial charge in [-0.2, -0.15) is 0 Å². The van der Waals surface area contributed by atoms with E-state index >= 15 is 0 Å². The highest BCUT2D eigenvalue weighted by molar-refractivity contribution is 9.09. The topological polar surface area (TPSA) is 56.5 Å². The van der Waals surface area contributed by atoms with Crippen LogP contribution in [0.1, 0.15) is 17.5 Å². The monoisotopic (exact) mass is 246 g/mol. The van der Waals surface area contributed by atoms with Gasteiger partial charge in [0.15, 0.2) is 0 Å². The average Bonchev–Trinajstić information content (AvgIpc) is 2.50. The number of hydrogen-bond donors (Lipinski definition) is 0. The van der Waals surface area contributed by atoms with Gasteiger partial charge in [0.05, 0.1) is 0 Å². The molecule has 0 aromatic carbocycles. The van der Waals surface area contributed by atoms with Gasteiger partial charge in [-0.05, 0) is 6.07 Å². The summed E-state index contributed by atoms with van der Waals surface area (Å²) in [6.07, 6.45) is 0.677. The normalized spacial score (nSPS) is 12.2. The highest BCUT2D eigenvalue weighted by Gasteiger charge is 2.12. The van der Waals surface area contributed by atoms with Crippen LogP contribution in [0.25, 0.3) is 0 Å². The predicted octanol–water partition coefficient (Wildman–Crippen LogP) is 1.84. The van der Waals surface area contributed by atoms with E-state index in [1.54, 1.807) is 6.07 Å². The second-order valence-electron chi connectivity index (χ2n) is 2.29. The molecule has 5 heteroatoms. The van der Waals surface area contributed by atoms with Crippen molar-refractivity contribution < 1.29 is 18.7 Å². The summed E-state index contributed by atoms with van der Waals surface area (Å²) in [5.74, 6) is 0.0400. The Morgan fingerprint density at radius 1 is 1.69 bits per heavy atom. The Morgan fingerprint density at radius 3 is 2.92 bits per heavy atom. The van der Waals surface area contributed by atoms with Crippen LogP contribution in [0.15, 0.2) is 16.5 Å². The summed E-state index contributed by atoms with van der Waals surface area (Å²) in [6, 6.07) is 3.04. The molecule has 70 valence electrons. The number of halogens is 1. The van der Waals surface area contributed by atoms with Gasteiger partial charge in [-0.3, -0.25) is 4.79 Å². The molecule has 0 saturated carbocycles. The van der Waals surface area contributed by atoms with E-state index in [0.717, 1.165) is 0 Å². The zero-order valence-electron chi connectivity index (χ0n) is 6.82. The lowest BCUT2D eigenvalue weighted by atomic mass is 10.4. The third kappa shape index (κ3) is 2.69. The number of hydrogen-bond acceptors (Lipinski definition) is 4. The van der Waals surface area contributed by atoms with Crippen LogP contribution in [0.5, 0.6) is 5.95 Å². The molecule has 0 bridgehead atoms. The molecular weight excluding hydrogens is 240 g/mol. The van der Waals surface area contributed by atoms with Crippen molar-refractivity contribution >= 4 is 28.2 Å². The lowest BCUT2D eigenvalue weighted by Gasteiger charge is -1.96. The third-order valence-electron chi connectivity index (χ3n) is 1.24. The Balaban J connectivity index is 2.74. The number of esters is 1. The second kappa shape index (κ2) is 4.23. The molecule has 0 fully saturated rings. The first-order chi connectivity index (χ1) is 6.13. The molecule has 0 saturated heterocycles. The molecule has 0 aliphatic carbocycles. The maximum atomic E-state index is 10.5. The second-order valence-corrected chi connectivity index (χ2v) is 3.27. The molecule has 1 aromatic heterocycles. The molecule has 1 rings (SSSR count). The Bertz CT molecular complexity index is 318. The molecule has 0 radical (unpaired) electrons. The van der Waals surface area contributed by atoms with Crippen molar-refractivity contribution in [3.63, 3.8) is 0 Å². The van der Waals surface area contributed by atoms with Gasteiger partial charge in [0, 0.05) is 13.0 Å². The average molecular weight is 247 g/mol.